The van der Waals surface area contributed by atoms with E-state index in [1.807, 2.05) is 36.0 Å². The normalized spacial score (nSPS) is 11.1. The zero-order valence-corrected chi connectivity index (χ0v) is 14.7. The molecule has 0 unspecified atom stereocenters. The third-order valence-corrected chi connectivity index (χ3v) is 4.61. The number of rotatable bonds is 4. The average Bonchev–Trinajstić information content (AvgIpc) is 2.94. The van der Waals surface area contributed by atoms with E-state index < -0.39 is 0 Å². The van der Waals surface area contributed by atoms with E-state index in [1.165, 1.54) is 11.3 Å². The van der Waals surface area contributed by atoms with E-state index in [1.54, 1.807) is 4.90 Å². The Morgan fingerprint density at radius 3 is 2.75 bits per heavy atom. The second-order valence-corrected chi connectivity index (χ2v) is 7.63. The Labute approximate surface area is 136 Å². The van der Waals surface area contributed by atoms with E-state index in [2.05, 4.69) is 29.8 Å². The highest BCUT2D eigenvalue weighted by Gasteiger charge is 2.19. The predicted molar refractivity (Wildman–Crippen MR) is 87.6 cm³/mol. The van der Waals surface area contributed by atoms with Crippen molar-refractivity contribution in [1.82, 2.24) is 9.47 Å². The number of aromatic nitrogens is 1. The molecule has 0 atom stereocenters. The van der Waals surface area contributed by atoms with Gasteiger partial charge in [0.05, 0.1) is 10.9 Å². The average molecular weight is 376 g/mol. The van der Waals surface area contributed by atoms with Crippen molar-refractivity contribution in [1.29, 1.82) is 0 Å². The number of halogens is 2. The van der Waals surface area contributed by atoms with Crippen LogP contribution < -0.4 is 0 Å². The Balaban J connectivity index is 2.18. The zero-order chi connectivity index (χ0) is 14.9. The molecule has 3 nitrogen and oxygen atoms in total. The highest BCUT2D eigenvalue weighted by Crippen LogP contribution is 2.24. The first-order chi connectivity index (χ1) is 9.38. The maximum absolute atomic E-state index is 12.6. The fourth-order valence-electron chi connectivity index (χ4n) is 1.98. The number of nitrogens with zero attached hydrogens (tertiary/aromatic N) is 2. The molecule has 20 heavy (non-hydrogen) atoms. The summed E-state index contributed by atoms with van der Waals surface area (Å²) in [6.45, 7) is 4.68. The van der Waals surface area contributed by atoms with Crippen LogP contribution in [0.15, 0.2) is 28.9 Å². The standard InChI is InChI=1S/C14H16BrClN2OS/c1-9(2)18-7-10(15)6-12(18)14(19)17(3)8-11-4-5-13(16)20-11/h4-7,9H,8H2,1-3H3. The van der Waals surface area contributed by atoms with Crippen LogP contribution in [0.2, 0.25) is 4.34 Å². The van der Waals surface area contributed by atoms with Crippen LogP contribution in [-0.4, -0.2) is 22.4 Å². The maximum Gasteiger partial charge on any atom is 0.270 e. The summed E-state index contributed by atoms with van der Waals surface area (Å²) in [6, 6.07) is 5.91. The first kappa shape index (κ1) is 15.6. The summed E-state index contributed by atoms with van der Waals surface area (Å²) in [5.41, 5.74) is 0.692. The molecule has 0 aromatic carbocycles. The van der Waals surface area contributed by atoms with E-state index in [-0.39, 0.29) is 11.9 Å². The van der Waals surface area contributed by atoms with Gasteiger partial charge in [-0.25, -0.2) is 0 Å². The number of hydrogen-bond donors (Lipinski definition) is 0. The Hall–Kier alpha value is -0.780. The van der Waals surface area contributed by atoms with Crippen molar-refractivity contribution in [3.63, 3.8) is 0 Å². The summed E-state index contributed by atoms with van der Waals surface area (Å²) in [6.07, 6.45) is 1.94. The van der Waals surface area contributed by atoms with Crippen molar-refractivity contribution in [2.24, 2.45) is 0 Å². The number of thiophene rings is 1. The largest absolute Gasteiger partial charge is 0.340 e. The molecule has 0 saturated heterocycles. The lowest BCUT2D eigenvalue weighted by molar-refractivity contribution is 0.0774. The molecule has 6 heteroatoms. The molecule has 0 saturated carbocycles. The van der Waals surface area contributed by atoms with E-state index in [0.717, 1.165) is 13.7 Å². The molecular weight excluding hydrogens is 360 g/mol. The highest BCUT2D eigenvalue weighted by atomic mass is 79.9. The monoisotopic (exact) mass is 374 g/mol. The zero-order valence-electron chi connectivity index (χ0n) is 11.6. The number of hydrogen-bond acceptors (Lipinski definition) is 2. The lowest BCUT2D eigenvalue weighted by Gasteiger charge is -2.19. The minimum atomic E-state index is 0.00826. The lowest BCUT2D eigenvalue weighted by atomic mass is 10.3. The van der Waals surface area contributed by atoms with Crippen molar-refractivity contribution in [2.45, 2.75) is 26.4 Å². The molecule has 2 heterocycles. The summed E-state index contributed by atoms with van der Waals surface area (Å²) in [5.74, 6) is 0.00826. The van der Waals surface area contributed by atoms with Crippen LogP contribution in [0.5, 0.6) is 0 Å². The van der Waals surface area contributed by atoms with Crippen molar-refractivity contribution in [3.05, 3.63) is 43.8 Å². The third-order valence-electron chi connectivity index (χ3n) is 2.96. The predicted octanol–water partition coefficient (Wildman–Crippen LogP) is 4.82. The Bertz CT molecular complexity index is 620. The van der Waals surface area contributed by atoms with Gasteiger partial charge in [-0.05, 0) is 48.0 Å². The van der Waals surface area contributed by atoms with Gasteiger partial charge in [0.15, 0.2) is 0 Å². The number of carbonyl (C=O) groups excluding carboxylic acids is 1. The summed E-state index contributed by atoms with van der Waals surface area (Å²) in [4.78, 5) is 15.3. The van der Waals surface area contributed by atoms with Gasteiger partial charge in [0.2, 0.25) is 0 Å². The van der Waals surface area contributed by atoms with Gasteiger partial charge in [-0.1, -0.05) is 11.6 Å². The van der Waals surface area contributed by atoms with Gasteiger partial charge in [-0.15, -0.1) is 11.3 Å². The van der Waals surface area contributed by atoms with Crippen LogP contribution in [0.1, 0.15) is 35.3 Å². The van der Waals surface area contributed by atoms with Crippen LogP contribution >= 0.6 is 38.9 Å². The summed E-state index contributed by atoms with van der Waals surface area (Å²) in [7, 11) is 1.81. The van der Waals surface area contributed by atoms with Gasteiger partial charge in [-0.3, -0.25) is 4.79 Å². The number of amides is 1. The maximum atomic E-state index is 12.6. The smallest absolute Gasteiger partial charge is 0.270 e. The molecule has 0 aliphatic heterocycles. The van der Waals surface area contributed by atoms with Crippen LogP contribution in [0.4, 0.5) is 0 Å². The van der Waals surface area contributed by atoms with Gasteiger partial charge in [0.25, 0.3) is 5.91 Å². The second-order valence-electron chi connectivity index (χ2n) is 4.91. The molecule has 2 aromatic heterocycles. The van der Waals surface area contributed by atoms with Gasteiger partial charge < -0.3 is 9.47 Å². The topological polar surface area (TPSA) is 25.2 Å². The summed E-state index contributed by atoms with van der Waals surface area (Å²) < 4.78 is 3.64. The van der Waals surface area contributed by atoms with Crippen molar-refractivity contribution in [2.75, 3.05) is 7.05 Å². The molecule has 0 spiro atoms. The van der Waals surface area contributed by atoms with Crippen LogP contribution in [0.3, 0.4) is 0 Å². The van der Waals surface area contributed by atoms with E-state index in [0.29, 0.717) is 12.2 Å². The van der Waals surface area contributed by atoms with Crippen LogP contribution in [0.25, 0.3) is 0 Å². The van der Waals surface area contributed by atoms with Crippen LogP contribution in [-0.2, 0) is 6.54 Å². The molecular formula is C14H16BrClN2OS. The fourth-order valence-corrected chi connectivity index (χ4v) is 3.56. The third kappa shape index (κ3) is 3.45. The molecule has 0 aliphatic rings. The minimum Gasteiger partial charge on any atom is -0.340 e. The first-order valence-electron chi connectivity index (χ1n) is 6.25. The lowest BCUT2D eigenvalue weighted by Crippen LogP contribution is -2.28. The van der Waals surface area contributed by atoms with E-state index >= 15 is 0 Å². The molecule has 2 rings (SSSR count). The van der Waals surface area contributed by atoms with E-state index in [9.17, 15) is 4.79 Å². The first-order valence-corrected chi connectivity index (χ1v) is 8.24. The van der Waals surface area contributed by atoms with Gasteiger partial charge >= 0.3 is 0 Å². The molecule has 0 aliphatic carbocycles. The Morgan fingerprint density at radius 1 is 1.50 bits per heavy atom. The molecule has 108 valence electrons. The minimum absolute atomic E-state index is 0.00826. The molecule has 2 aromatic rings. The fraction of sp³-hybridized carbons (Fsp3) is 0.357. The molecule has 0 N–H and O–H groups in total. The van der Waals surface area contributed by atoms with Gasteiger partial charge in [0.1, 0.15) is 5.69 Å². The Morgan fingerprint density at radius 2 is 2.20 bits per heavy atom. The summed E-state index contributed by atoms with van der Waals surface area (Å²) >= 11 is 10.8. The molecule has 0 fully saturated rings. The Kier molecular flexibility index (Phi) is 4.94. The van der Waals surface area contributed by atoms with Crippen molar-refractivity contribution >= 4 is 44.8 Å². The molecule has 1 amide bonds. The van der Waals surface area contributed by atoms with Crippen molar-refractivity contribution in [3.8, 4) is 0 Å². The van der Waals surface area contributed by atoms with E-state index in [4.69, 9.17) is 11.6 Å². The highest BCUT2D eigenvalue weighted by molar-refractivity contribution is 9.10. The van der Waals surface area contributed by atoms with Crippen LogP contribution in [0, 0.1) is 0 Å². The van der Waals surface area contributed by atoms with Gasteiger partial charge in [0, 0.05) is 28.6 Å². The van der Waals surface area contributed by atoms with Gasteiger partial charge in [-0.2, -0.15) is 0 Å². The van der Waals surface area contributed by atoms with Crippen molar-refractivity contribution < 1.29 is 4.79 Å². The number of carbonyl (C=O) groups is 1. The molecule has 0 radical (unpaired) electrons. The quantitative estimate of drug-likeness (QED) is 0.752. The summed E-state index contributed by atoms with van der Waals surface area (Å²) in [5, 5.41) is 0. The second kappa shape index (κ2) is 6.33. The SMILES string of the molecule is CC(C)n1cc(Br)cc1C(=O)N(C)Cc1ccc(Cl)s1. The molecule has 0 bridgehead atoms.